The third-order valence-corrected chi connectivity index (χ3v) is 9.52. The molecule has 9 rings (SSSR count). The van der Waals surface area contributed by atoms with Gasteiger partial charge in [-0.15, -0.1) is 0 Å². The van der Waals surface area contributed by atoms with Gasteiger partial charge >= 0.3 is 0 Å². The summed E-state index contributed by atoms with van der Waals surface area (Å²) in [6.07, 6.45) is 1.98. The van der Waals surface area contributed by atoms with Gasteiger partial charge in [0.2, 0.25) is 0 Å². The van der Waals surface area contributed by atoms with Gasteiger partial charge in [0.25, 0.3) is 0 Å². The van der Waals surface area contributed by atoms with Gasteiger partial charge in [-0.25, -0.2) is 4.98 Å². The number of aromatic nitrogens is 2. The van der Waals surface area contributed by atoms with E-state index in [0.717, 1.165) is 60.9 Å². The van der Waals surface area contributed by atoms with Crippen molar-refractivity contribution in [2.45, 2.75) is 0 Å². The predicted octanol–water partition coefficient (Wildman–Crippen LogP) is 12.8. The van der Waals surface area contributed by atoms with Crippen LogP contribution in [0.5, 0.6) is 0 Å². The Kier molecular flexibility index (Phi) is 7.53. The number of rotatable bonds is 6. The molecule has 0 spiro atoms. The average molecular weight is 637 g/mol. The van der Waals surface area contributed by atoms with Crippen molar-refractivity contribution >= 4 is 21.8 Å². The summed E-state index contributed by atoms with van der Waals surface area (Å²) in [5, 5.41) is 2.25. The molecule has 0 atom stereocenters. The minimum absolute atomic E-state index is 0.949. The second-order valence-corrected chi connectivity index (χ2v) is 12.7. The lowest BCUT2D eigenvalue weighted by Crippen LogP contribution is -1.92. The lowest BCUT2D eigenvalue weighted by atomic mass is 9.93. The van der Waals surface area contributed by atoms with Crippen LogP contribution in [0.25, 0.3) is 88.7 Å². The van der Waals surface area contributed by atoms with Crippen molar-refractivity contribution in [2.75, 3.05) is 0 Å². The number of hydrogen-bond acceptors (Lipinski definition) is 2. The molecule has 0 aliphatic rings. The number of hydrogen-bond donors (Lipinski definition) is 0. The first kappa shape index (κ1) is 29.5. The molecule has 0 unspecified atom stereocenters. The summed E-state index contributed by atoms with van der Waals surface area (Å²) < 4.78 is 0. The highest BCUT2D eigenvalue weighted by molar-refractivity contribution is 6.00. The second-order valence-electron chi connectivity index (χ2n) is 12.7. The molecule has 0 aliphatic carbocycles. The molecular weight excluding hydrogens is 605 g/mol. The summed E-state index contributed by atoms with van der Waals surface area (Å²) in [7, 11) is 0. The fraction of sp³-hybridized carbons (Fsp3) is 0. The monoisotopic (exact) mass is 636 g/mol. The molecule has 2 aromatic heterocycles. The maximum Gasteiger partial charge on any atom is 0.0716 e. The Hall–Kier alpha value is -6.64. The molecule has 9 aromatic rings. The van der Waals surface area contributed by atoms with Crippen LogP contribution in [0.4, 0.5) is 0 Å². The van der Waals surface area contributed by atoms with Crippen LogP contribution in [0.1, 0.15) is 0 Å². The Morgan fingerprint density at radius 3 is 1.52 bits per heavy atom. The van der Waals surface area contributed by atoms with Crippen molar-refractivity contribution < 1.29 is 0 Å². The summed E-state index contributed by atoms with van der Waals surface area (Å²) in [5.41, 5.74) is 15.7. The predicted molar refractivity (Wildman–Crippen MR) is 210 cm³/mol. The van der Waals surface area contributed by atoms with Crippen LogP contribution in [0.15, 0.2) is 194 Å². The van der Waals surface area contributed by atoms with E-state index in [4.69, 9.17) is 9.97 Å². The van der Waals surface area contributed by atoms with Crippen LogP contribution in [-0.2, 0) is 0 Å². The van der Waals surface area contributed by atoms with Crippen LogP contribution in [0.3, 0.4) is 0 Å². The fourth-order valence-electron chi connectivity index (χ4n) is 6.84. The number of pyridine rings is 2. The first-order chi connectivity index (χ1) is 24.7. The first-order valence-electron chi connectivity index (χ1n) is 17.0. The van der Waals surface area contributed by atoms with Crippen LogP contribution in [0, 0.1) is 0 Å². The van der Waals surface area contributed by atoms with Gasteiger partial charge in [-0.1, -0.05) is 152 Å². The van der Waals surface area contributed by atoms with Gasteiger partial charge in [-0.2, -0.15) is 0 Å². The number of benzene rings is 7. The van der Waals surface area contributed by atoms with E-state index in [1.54, 1.807) is 0 Å². The highest BCUT2D eigenvalue weighted by atomic mass is 14.7. The molecular formula is C48H32N2. The smallest absolute Gasteiger partial charge is 0.0716 e. The van der Waals surface area contributed by atoms with E-state index in [1.807, 2.05) is 12.3 Å². The summed E-state index contributed by atoms with van der Waals surface area (Å²) in [4.78, 5) is 9.98. The molecule has 0 fully saturated rings. The van der Waals surface area contributed by atoms with E-state index in [0.29, 0.717) is 0 Å². The molecule has 7 aromatic carbocycles. The van der Waals surface area contributed by atoms with Crippen LogP contribution >= 0.6 is 0 Å². The molecule has 0 aliphatic heterocycles. The molecule has 0 saturated carbocycles. The molecule has 0 saturated heterocycles. The van der Waals surface area contributed by atoms with Crippen molar-refractivity contribution in [3.8, 4) is 66.9 Å². The summed E-state index contributed by atoms with van der Waals surface area (Å²) >= 11 is 0. The van der Waals surface area contributed by atoms with Gasteiger partial charge < -0.3 is 0 Å². The van der Waals surface area contributed by atoms with Gasteiger partial charge in [-0.3, -0.25) is 4.98 Å². The van der Waals surface area contributed by atoms with E-state index in [1.165, 1.54) is 27.8 Å². The Balaban J connectivity index is 1.17. The Morgan fingerprint density at radius 2 is 0.820 bits per heavy atom. The molecule has 234 valence electrons. The van der Waals surface area contributed by atoms with E-state index in [9.17, 15) is 0 Å². The minimum Gasteiger partial charge on any atom is -0.256 e. The molecule has 50 heavy (non-hydrogen) atoms. The lowest BCUT2D eigenvalue weighted by Gasteiger charge is -2.14. The van der Waals surface area contributed by atoms with Crippen molar-refractivity contribution in [3.63, 3.8) is 0 Å². The van der Waals surface area contributed by atoms with Crippen molar-refractivity contribution in [1.82, 2.24) is 9.97 Å². The number of nitrogens with zero attached hydrogens (tertiary/aromatic N) is 2. The summed E-state index contributed by atoms with van der Waals surface area (Å²) in [6, 6.07) is 66.8. The largest absolute Gasteiger partial charge is 0.256 e. The molecule has 0 amide bonds. The Labute approximate surface area is 292 Å². The lowest BCUT2D eigenvalue weighted by molar-refractivity contribution is 1.39. The zero-order valence-electron chi connectivity index (χ0n) is 27.4. The van der Waals surface area contributed by atoms with Crippen LogP contribution < -0.4 is 0 Å². The second kappa shape index (κ2) is 12.8. The SMILES string of the molecule is c1ccc(-c2ccc(-c3ccc4nc(-c5ccc(-c6ccccc6)cc5)cc(-c5cccc(-c6cnc7ccccc7c6)c5)c4c3)cc2)cc1. The minimum atomic E-state index is 0.949. The summed E-state index contributed by atoms with van der Waals surface area (Å²) in [5.74, 6) is 0. The third kappa shape index (κ3) is 5.74. The topological polar surface area (TPSA) is 25.8 Å². The molecule has 0 bridgehead atoms. The normalized spacial score (nSPS) is 11.2. The first-order valence-corrected chi connectivity index (χ1v) is 17.0. The maximum absolute atomic E-state index is 5.23. The van der Waals surface area contributed by atoms with E-state index in [2.05, 4.69) is 182 Å². The van der Waals surface area contributed by atoms with Crippen molar-refractivity contribution in [1.29, 1.82) is 0 Å². The molecule has 2 nitrogen and oxygen atoms in total. The molecule has 2 heteroatoms. The fourth-order valence-corrected chi connectivity index (χ4v) is 6.84. The van der Waals surface area contributed by atoms with E-state index in [-0.39, 0.29) is 0 Å². The van der Waals surface area contributed by atoms with Gasteiger partial charge in [0.1, 0.15) is 0 Å². The molecule has 0 N–H and O–H groups in total. The standard InChI is InChI=1S/C48H32N2/c1-3-10-33(11-4-1)35-18-20-37(21-19-35)40-26-27-47-45(30-40)44(31-48(50-47)38-24-22-36(23-25-38)34-12-5-2-6-13-34)41-16-9-15-39(28-41)43-29-42-14-7-8-17-46(42)49-32-43/h1-32H. The number of fused-ring (bicyclic) bond motifs is 2. The Morgan fingerprint density at radius 1 is 0.300 bits per heavy atom. The number of para-hydroxylation sites is 1. The van der Waals surface area contributed by atoms with Crippen LogP contribution in [0.2, 0.25) is 0 Å². The quantitative estimate of drug-likeness (QED) is 0.181. The van der Waals surface area contributed by atoms with Crippen LogP contribution in [-0.4, -0.2) is 9.97 Å². The highest BCUT2D eigenvalue weighted by Gasteiger charge is 2.13. The van der Waals surface area contributed by atoms with Gasteiger partial charge in [0.15, 0.2) is 0 Å². The maximum atomic E-state index is 5.23. The molecule has 0 radical (unpaired) electrons. The molecule has 2 heterocycles. The summed E-state index contributed by atoms with van der Waals surface area (Å²) in [6.45, 7) is 0. The van der Waals surface area contributed by atoms with Gasteiger partial charge in [-0.05, 0) is 86.5 Å². The van der Waals surface area contributed by atoms with E-state index < -0.39 is 0 Å². The van der Waals surface area contributed by atoms with Gasteiger partial charge in [0.05, 0.1) is 16.7 Å². The van der Waals surface area contributed by atoms with Gasteiger partial charge in [0, 0.05) is 28.1 Å². The third-order valence-electron chi connectivity index (χ3n) is 9.52. The van der Waals surface area contributed by atoms with Crippen molar-refractivity contribution in [3.05, 3.63) is 194 Å². The zero-order valence-corrected chi connectivity index (χ0v) is 27.4. The zero-order chi connectivity index (χ0) is 33.3. The van der Waals surface area contributed by atoms with Crippen molar-refractivity contribution in [2.24, 2.45) is 0 Å². The van der Waals surface area contributed by atoms with E-state index >= 15 is 0 Å². The average Bonchev–Trinajstić information content (AvgIpc) is 3.21. The highest BCUT2D eigenvalue weighted by Crippen LogP contribution is 2.37. The Bertz CT molecular complexity index is 2610.